The molecule has 0 heteroatoms. The van der Waals surface area contributed by atoms with Crippen LogP contribution in [-0.2, 0) is 0 Å². The molecule has 3 aliphatic carbocycles. The fourth-order valence-corrected chi connectivity index (χ4v) is 5.82. The van der Waals surface area contributed by atoms with E-state index in [0.29, 0.717) is 0 Å². The second kappa shape index (κ2) is 4.96. The Kier molecular flexibility index (Phi) is 3.13. The highest BCUT2D eigenvalue weighted by Crippen LogP contribution is 2.60. The summed E-state index contributed by atoms with van der Waals surface area (Å²) in [4.78, 5) is 0. The molecular formula is C19H26. The van der Waals surface area contributed by atoms with Crippen LogP contribution in [0.2, 0.25) is 0 Å². The summed E-state index contributed by atoms with van der Waals surface area (Å²) in [7, 11) is 0. The number of rotatable bonds is 1. The summed E-state index contributed by atoms with van der Waals surface area (Å²) in [5.74, 6) is 5.08. The van der Waals surface area contributed by atoms with Crippen molar-refractivity contribution >= 4 is 0 Å². The van der Waals surface area contributed by atoms with Gasteiger partial charge >= 0.3 is 0 Å². The fraction of sp³-hybridized carbons (Fsp3) is 0.684. The lowest BCUT2D eigenvalue weighted by Crippen LogP contribution is -2.22. The highest BCUT2D eigenvalue weighted by atomic mass is 14.6. The highest BCUT2D eigenvalue weighted by Gasteiger charge is 2.51. The van der Waals surface area contributed by atoms with E-state index in [4.69, 9.17) is 0 Å². The second-order valence-electron chi connectivity index (χ2n) is 7.16. The number of hydrogen-bond acceptors (Lipinski definition) is 0. The SMILES string of the molecule is c1ccc(C2C3CCCCC3C3CCCCC32)cc1. The zero-order valence-electron chi connectivity index (χ0n) is 11.9. The van der Waals surface area contributed by atoms with Gasteiger partial charge in [0.1, 0.15) is 0 Å². The topological polar surface area (TPSA) is 0 Å². The lowest BCUT2D eigenvalue weighted by molar-refractivity contribution is 0.184. The number of fused-ring (bicyclic) bond motifs is 3. The van der Waals surface area contributed by atoms with E-state index in [2.05, 4.69) is 30.3 Å². The summed E-state index contributed by atoms with van der Waals surface area (Å²) in [5, 5.41) is 0. The van der Waals surface area contributed by atoms with E-state index >= 15 is 0 Å². The van der Waals surface area contributed by atoms with Crippen LogP contribution >= 0.6 is 0 Å². The molecule has 3 fully saturated rings. The molecule has 0 spiro atoms. The summed E-state index contributed by atoms with van der Waals surface area (Å²) in [6.07, 6.45) is 12.1. The Labute approximate surface area is 117 Å². The zero-order chi connectivity index (χ0) is 12.7. The van der Waals surface area contributed by atoms with Crippen molar-refractivity contribution in [2.45, 2.75) is 57.3 Å². The normalized spacial score (nSPS) is 41.6. The first-order valence-corrected chi connectivity index (χ1v) is 8.50. The van der Waals surface area contributed by atoms with Crippen molar-refractivity contribution in [2.24, 2.45) is 23.7 Å². The third-order valence-electron chi connectivity index (χ3n) is 6.41. The van der Waals surface area contributed by atoms with E-state index in [-0.39, 0.29) is 0 Å². The molecule has 0 nitrogen and oxygen atoms in total. The van der Waals surface area contributed by atoms with Crippen LogP contribution in [0, 0.1) is 23.7 Å². The van der Waals surface area contributed by atoms with Crippen LogP contribution in [0.4, 0.5) is 0 Å². The Morgan fingerprint density at radius 3 is 1.58 bits per heavy atom. The van der Waals surface area contributed by atoms with Crippen molar-refractivity contribution in [3.63, 3.8) is 0 Å². The molecule has 0 radical (unpaired) electrons. The van der Waals surface area contributed by atoms with Crippen LogP contribution in [-0.4, -0.2) is 0 Å². The van der Waals surface area contributed by atoms with Gasteiger partial charge in [0.25, 0.3) is 0 Å². The Bertz CT molecular complexity index is 399. The Morgan fingerprint density at radius 2 is 1.05 bits per heavy atom. The van der Waals surface area contributed by atoms with Crippen LogP contribution in [0.5, 0.6) is 0 Å². The smallest absolute Gasteiger partial charge is 0.00998 e. The minimum Gasteiger partial charge on any atom is -0.0622 e. The second-order valence-corrected chi connectivity index (χ2v) is 7.16. The maximum atomic E-state index is 2.41. The predicted octanol–water partition coefficient (Wildman–Crippen LogP) is 5.40. The van der Waals surface area contributed by atoms with E-state index in [1.165, 1.54) is 51.4 Å². The van der Waals surface area contributed by atoms with E-state index in [9.17, 15) is 0 Å². The van der Waals surface area contributed by atoms with Gasteiger partial charge in [0.15, 0.2) is 0 Å². The molecule has 4 atom stereocenters. The molecule has 4 unspecified atom stereocenters. The van der Waals surface area contributed by atoms with Gasteiger partial charge in [-0.25, -0.2) is 0 Å². The van der Waals surface area contributed by atoms with E-state index in [1.54, 1.807) is 5.56 Å². The van der Waals surface area contributed by atoms with E-state index in [1.807, 2.05) is 0 Å². The van der Waals surface area contributed by atoms with Gasteiger partial charge in [-0.2, -0.15) is 0 Å². The average Bonchev–Trinajstić information content (AvgIpc) is 2.83. The maximum absolute atomic E-state index is 2.41. The fourth-order valence-electron chi connectivity index (χ4n) is 5.82. The molecule has 3 saturated carbocycles. The van der Waals surface area contributed by atoms with Crippen LogP contribution < -0.4 is 0 Å². The summed E-state index contributed by atoms with van der Waals surface area (Å²) in [6.45, 7) is 0. The first-order valence-electron chi connectivity index (χ1n) is 8.50. The molecule has 0 bridgehead atoms. The van der Waals surface area contributed by atoms with Gasteiger partial charge in [-0.1, -0.05) is 56.0 Å². The molecule has 0 aromatic heterocycles. The highest BCUT2D eigenvalue weighted by molar-refractivity contribution is 5.25. The van der Waals surface area contributed by atoms with Gasteiger partial charge in [0.05, 0.1) is 0 Å². The van der Waals surface area contributed by atoms with Crippen molar-refractivity contribution in [2.75, 3.05) is 0 Å². The monoisotopic (exact) mass is 254 g/mol. The first-order chi connectivity index (χ1) is 9.45. The molecule has 0 N–H and O–H groups in total. The predicted molar refractivity (Wildman–Crippen MR) is 80.1 cm³/mol. The third-order valence-corrected chi connectivity index (χ3v) is 6.41. The van der Waals surface area contributed by atoms with Gasteiger partial charge in [-0.3, -0.25) is 0 Å². The molecule has 102 valence electrons. The van der Waals surface area contributed by atoms with Gasteiger partial charge in [0, 0.05) is 0 Å². The van der Waals surface area contributed by atoms with Crippen LogP contribution in [0.3, 0.4) is 0 Å². The minimum atomic E-state index is 0.900. The Balaban J connectivity index is 1.71. The summed E-state index contributed by atoms with van der Waals surface area (Å²) in [5.41, 5.74) is 1.66. The Hall–Kier alpha value is -0.780. The molecule has 0 aliphatic heterocycles. The molecule has 0 saturated heterocycles. The number of hydrogen-bond donors (Lipinski definition) is 0. The first kappa shape index (κ1) is 12.0. The van der Waals surface area contributed by atoms with Crippen molar-refractivity contribution in [1.29, 1.82) is 0 Å². The quantitative estimate of drug-likeness (QED) is 0.629. The Morgan fingerprint density at radius 1 is 0.579 bits per heavy atom. The third kappa shape index (κ3) is 1.95. The maximum Gasteiger partial charge on any atom is -0.00998 e. The number of benzene rings is 1. The summed E-state index contributed by atoms with van der Waals surface area (Å²) in [6, 6.07) is 11.5. The van der Waals surface area contributed by atoms with Crippen molar-refractivity contribution in [3.8, 4) is 0 Å². The van der Waals surface area contributed by atoms with Crippen LogP contribution in [0.15, 0.2) is 30.3 Å². The van der Waals surface area contributed by atoms with E-state index < -0.39 is 0 Å². The minimum absolute atomic E-state index is 0.900. The zero-order valence-corrected chi connectivity index (χ0v) is 11.9. The standard InChI is InChI=1S/C19H26/c1-2-8-14(9-3-1)19-17-12-6-4-10-15(17)16-11-5-7-13-18(16)19/h1-3,8-9,15-19H,4-7,10-13H2. The average molecular weight is 254 g/mol. The molecule has 1 aromatic rings. The van der Waals surface area contributed by atoms with Gasteiger partial charge in [-0.05, 0) is 60.8 Å². The van der Waals surface area contributed by atoms with Crippen LogP contribution in [0.1, 0.15) is 62.8 Å². The van der Waals surface area contributed by atoms with Crippen molar-refractivity contribution < 1.29 is 0 Å². The molecular weight excluding hydrogens is 228 g/mol. The lowest BCUT2D eigenvalue weighted by atomic mass is 9.73. The largest absolute Gasteiger partial charge is 0.0622 e. The lowest BCUT2D eigenvalue weighted by Gasteiger charge is -2.32. The van der Waals surface area contributed by atoms with Crippen molar-refractivity contribution in [1.82, 2.24) is 0 Å². The van der Waals surface area contributed by atoms with Gasteiger partial charge < -0.3 is 0 Å². The molecule has 1 aromatic carbocycles. The molecule has 3 aliphatic rings. The summed E-state index contributed by atoms with van der Waals surface area (Å²) < 4.78 is 0. The van der Waals surface area contributed by atoms with Gasteiger partial charge in [-0.15, -0.1) is 0 Å². The molecule has 19 heavy (non-hydrogen) atoms. The molecule has 4 rings (SSSR count). The molecule has 0 amide bonds. The van der Waals surface area contributed by atoms with Crippen LogP contribution in [0.25, 0.3) is 0 Å². The molecule has 0 heterocycles. The summed E-state index contributed by atoms with van der Waals surface area (Å²) >= 11 is 0. The van der Waals surface area contributed by atoms with E-state index in [0.717, 1.165) is 29.6 Å². The van der Waals surface area contributed by atoms with Crippen molar-refractivity contribution in [3.05, 3.63) is 35.9 Å². The van der Waals surface area contributed by atoms with Gasteiger partial charge in [0.2, 0.25) is 0 Å².